The fourth-order valence-electron chi connectivity index (χ4n) is 0.408. The normalized spacial score (nSPS) is 13.3. The molecule has 0 rings (SSSR count). The highest BCUT2D eigenvalue weighted by molar-refractivity contribution is 9.25. The molecular weight excluding hydrogens is 262 g/mol. The van der Waals surface area contributed by atoms with Crippen molar-refractivity contribution in [2.45, 2.75) is 30.0 Å². The first-order valence-corrected chi connectivity index (χ1v) is 4.99. The van der Waals surface area contributed by atoms with Crippen LogP contribution in [0.2, 0.25) is 0 Å². The Bertz CT molecular complexity index is 116. The molecule has 1 unspecified atom stereocenters. The number of halogens is 2. The van der Waals surface area contributed by atoms with Crippen LogP contribution in [0.15, 0.2) is 0 Å². The highest BCUT2D eigenvalue weighted by Gasteiger charge is 2.11. The zero-order chi connectivity index (χ0) is 8.15. The van der Waals surface area contributed by atoms with Crippen molar-refractivity contribution in [3.8, 4) is 0 Å². The van der Waals surface area contributed by atoms with Crippen LogP contribution in [-0.2, 0) is 4.79 Å². The van der Waals surface area contributed by atoms with Crippen LogP contribution in [0.3, 0.4) is 0 Å². The highest BCUT2D eigenvalue weighted by atomic mass is 79.9. The molecule has 10 heavy (non-hydrogen) atoms. The molecule has 2 nitrogen and oxygen atoms in total. The van der Waals surface area contributed by atoms with E-state index in [0.29, 0.717) is 0 Å². The van der Waals surface area contributed by atoms with Gasteiger partial charge in [0.1, 0.15) is 3.74 Å². The Hall–Kier alpha value is 0.430. The van der Waals surface area contributed by atoms with E-state index in [0.717, 1.165) is 6.42 Å². The van der Waals surface area contributed by atoms with Crippen LogP contribution in [0.4, 0.5) is 0 Å². The van der Waals surface area contributed by atoms with E-state index in [9.17, 15) is 4.79 Å². The Morgan fingerprint density at radius 2 is 2.10 bits per heavy atom. The van der Waals surface area contributed by atoms with Crippen LogP contribution in [0.1, 0.15) is 20.3 Å². The van der Waals surface area contributed by atoms with Crippen molar-refractivity contribution in [3.05, 3.63) is 0 Å². The molecule has 0 heterocycles. The van der Waals surface area contributed by atoms with Crippen LogP contribution < -0.4 is 5.32 Å². The Kier molecular flexibility index (Phi) is 5.35. The standard InChI is InChI=1S/C6H11Br2NO/c1-3-4(2)9-6(10)5(7)8/h4-5H,3H2,1-2H3,(H,9,10). The number of carbonyl (C=O) groups is 1. The number of amides is 1. The van der Waals surface area contributed by atoms with E-state index in [1.165, 1.54) is 0 Å². The smallest absolute Gasteiger partial charge is 0.244 e. The quantitative estimate of drug-likeness (QED) is 0.783. The van der Waals surface area contributed by atoms with Crippen molar-refractivity contribution in [2.24, 2.45) is 0 Å². The summed E-state index contributed by atoms with van der Waals surface area (Å²) in [6.07, 6.45) is 0.957. The van der Waals surface area contributed by atoms with Crippen LogP contribution in [-0.4, -0.2) is 15.7 Å². The van der Waals surface area contributed by atoms with Gasteiger partial charge in [0.05, 0.1) is 0 Å². The molecule has 60 valence electrons. The Morgan fingerprint density at radius 3 is 2.40 bits per heavy atom. The van der Waals surface area contributed by atoms with Gasteiger partial charge in [0.2, 0.25) is 5.91 Å². The second kappa shape index (κ2) is 5.13. The molecule has 1 N–H and O–H groups in total. The number of rotatable bonds is 3. The monoisotopic (exact) mass is 271 g/mol. The first kappa shape index (κ1) is 10.4. The maximum Gasteiger partial charge on any atom is 0.244 e. The van der Waals surface area contributed by atoms with Gasteiger partial charge in [-0.3, -0.25) is 4.79 Å². The first-order valence-electron chi connectivity index (χ1n) is 3.16. The predicted molar refractivity (Wildman–Crippen MR) is 49.5 cm³/mol. The number of alkyl halides is 2. The van der Waals surface area contributed by atoms with Crippen LogP contribution >= 0.6 is 31.9 Å². The van der Waals surface area contributed by atoms with Gasteiger partial charge in [0.15, 0.2) is 0 Å². The highest BCUT2D eigenvalue weighted by Crippen LogP contribution is 2.07. The topological polar surface area (TPSA) is 29.1 Å². The van der Waals surface area contributed by atoms with Crippen molar-refractivity contribution >= 4 is 37.8 Å². The fourth-order valence-corrected chi connectivity index (χ4v) is 0.672. The summed E-state index contributed by atoms with van der Waals surface area (Å²) in [5.74, 6) is -0.0191. The molecule has 0 aliphatic carbocycles. The minimum Gasteiger partial charge on any atom is -0.352 e. The van der Waals surface area contributed by atoms with Crippen molar-refractivity contribution < 1.29 is 4.79 Å². The van der Waals surface area contributed by atoms with E-state index in [1.807, 2.05) is 13.8 Å². The maximum atomic E-state index is 10.9. The van der Waals surface area contributed by atoms with Gasteiger partial charge in [-0.25, -0.2) is 0 Å². The summed E-state index contributed by atoms with van der Waals surface area (Å²) in [4.78, 5) is 10.9. The molecule has 0 radical (unpaired) electrons. The lowest BCUT2D eigenvalue weighted by molar-refractivity contribution is -0.119. The van der Waals surface area contributed by atoms with Crippen molar-refractivity contribution in [1.29, 1.82) is 0 Å². The number of carbonyl (C=O) groups excluding carboxylic acids is 1. The Labute approximate surface area is 78.0 Å². The molecule has 0 saturated heterocycles. The van der Waals surface area contributed by atoms with Gasteiger partial charge < -0.3 is 5.32 Å². The largest absolute Gasteiger partial charge is 0.352 e. The first-order chi connectivity index (χ1) is 4.57. The summed E-state index contributed by atoms with van der Waals surface area (Å²) in [5, 5.41) is 2.80. The van der Waals surface area contributed by atoms with E-state index >= 15 is 0 Å². The molecular formula is C6H11Br2NO. The van der Waals surface area contributed by atoms with Crippen LogP contribution in [0.25, 0.3) is 0 Å². The van der Waals surface area contributed by atoms with Crippen molar-refractivity contribution in [1.82, 2.24) is 5.32 Å². The minimum atomic E-state index is -0.269. The van der Waals surface area contributed by atoms with E-state index in [4.69, 9.17) is 0 Å². The van der Waals surface area contributed by atoms with Gasteiger partial charge in [-0.05, 0) is 13.3 Å². The van der Waals surface area contributed by atoms with Crippen molar-refractivity contribution in [2.75, 3.05) is 0 Å². The average molecular weight is 273 g/mol. The van der Waals surface area contributed by atoms with Gasteiger partial charge in [-0.2, -0.15) is 0 Å². The van der Waals surface area contributed by atoms with Crippen molar-refractivity contribution in [3.63, 3.8) is 0 Å². The van der Waals surface area contributed by atoms with E-state index in [-0.39, 0.29) is 15.7 Å². The third-order valence-corrected chi connectivity index (χ3v) is 2.03. The number of nitrogens with one attached hydrogen (secondary N) is 1. The molecule has 1 amide bonds. The van der Waals surface area contributed by atoms with E-state index in [1.54, 1.807) is 0 Å². The Balaban J connectivity index is 3.57. The second-order valence-corrected chi connectivity index (χ2v) is 5.18. The van der Waals surface area contributed by atoms with Gasteiger partial charge in [-0.15, -0.1) is 0 Å². The lowest BCUT2D eigenvalue weighted by Gasteiger charge is -2.11. The zero-order valence-corrected chi connectivity index (χ0v) is 9.20. The molecule has 0 bridgehead atoms. The fraction of sp³-hybridized carbons (Fsp3) is 0.833. The predicted octanol–water partition coefficient (Wildman–Crippen LogP) is 2.02. The second-order valence-electron chi connectivity index (χ2n) is 2.12. The summed E-state index contributed by atoms with van der Waals surface area (Å²) in [6, 6.07) is 0.255. The molecule has 0 aliphatic rings. The molecule has 0 aromatic heterocycles. The van der Waals surface area contributed by atoms with Crippen LogP contribution in [0, 0.1) is 0 Å². The molecule has 0 fully saturated rings. The number of hydrogen-bond acceptors (Lipinski definition) is 1. The molecule has 0 aliphatic heterocycles. The van der Waals surface area contributed by atoms with Crippen LogP contribution in [0.5, 0.6) is 0 Å². The summed E-state index contributed by atoms with van der Waals surface area (Å²) in [5.41, 5.74) is 0. The summed E-state index contributed by atoms with van der Waals surface area (Å²) >= 11 is 6.20. The maximum absolute atomic E-state index is 10.9. The van der Waals surface area contributed by atoms with Gasteiger partial charge in [0.25, 0.3) is 0 Å². The SMILES string of the molecule is CCC(C)NC(=O)C(Br)Br. The average Bonchev–Trinajstić information content (AvgIpc) is 1.87. The molecule has 0 aromatic carbocycles. The van der Waals surface area contributed by atoms with E-state index in [2.05, 4.69) is 37.2 Å². The zero-order valence-electron chi connectivity index (χ0n) is 6.03. The minimum absolute atomic E-state index is 0.0191. The molecule has 0 spiro atoms. The van der Waals surface area contributed by atoms with Gasteiger partial charge >= 0.3 is 0 Å². The summed E-state index contributed by atoms with van der Waals surface area (Å²) in [6.45, 7) is 4.00. The number of hydrogen-bond donors (Lipinski definition) is 1. The molecule has 0 saturated carbocycles. The lowest BCUT2D eigenvalue weighted by Crippen LogP contribution is -2.35. The summed E-state index contributed by atoms with van der Waals surface area (Å²) in [7, 11) is 0. The molecule has 1 atom stereocenters. The summed E-state index contributed by atoms with van der Waals surface area (Å²) < 4.78 is -0.269. The third kappa shape index (κ3) is 4.28. The van der Waals surface area contributed by atoms with Gasteiger partial charge in [0, 0.05) is 6.04 Å². The lowest BCUT2D eigenvalue weighted by atomic mass is 10.3. The molecule has 0 aromatic rings. The Morgan fingerprint density at radius 1 is 1.60 bits per heavy atom. The van der Waals surface area contributed by atoms with Gasteiger partial charge in [-0.1, -0.05) is 38.8 Å². The molecule has 4 heteroatoms. The third-order valence-electron chi connectivity index (χ3n) is 1.20. The van der Waals surface area contributed by atoms with E-state index < -0.39 is 0 Å².